The second kappa shape index (κ2) is 6.50. The lowest BCUT2D eigenvalue weighted by Gasteiger charge is -2.60. The maximum absolute atomic E-state index is 12.7. The number of carbonyl (C=O) groups excluding carboxylic acids is 2. The molecule has 0 aromatic rings. The predicted octanol–water partition coefficient (Wildman–Crippen LogP) is 2.20. The van der Waals surface area contributed by atoms with Crippen LogP contribution in [0.1, 0.15) is 65.2 Å². The molecule has 146 valence electrons. The summed E-state index contributed by atoms with van der Waals surface area (Å²) in [5, 5.41) is 6.35. The summed E-state index contributed by atoms with van der Waals surface area (Å²) in [5.41, 5.74) is 5.96. The van der Waals surface area contributed by atoms with Gasteiger partial charge in [0.25, 0.3) is 0 Å². The maximum atomic E-state index is 12.7. The van der Waals surface area contributed by atoms with Gasteiger partial charge in [-0.3, -0.25) is 9.59 Å². The summed E-state index contributed by atoms with van der Waals surface area (Å²) >= 11 is 0. The molecule has 0 spiro atoms. The lowest BCUT2D eigenvalue weighted by atomic mass is 9.47. The van der Waals surface area contributed by atoms with E-state index in [1.165, 1.54) is 19.3 Å². The van der Waals surface area contributed by atoms with Gasteiger partial charge in [0.2, 0.25) is 11.8 Å². The minimum atomic E-state index is 0.140. The Morgan fingerprint density at radius 2 is 1.88 bits per heavy atom. The number of hydrogen-bond acceptors (Lipinski definition) is 3. The highest BCUT2D eigenvalue weighted by molar-refractivity contribution is 5.80. The second-order valence-electron chi connectivity index (χ2n) is 9.83. The predicted molar refractivity (Wildman–Crippen MR) is 101 cm³/mol. The van der Waals surface area contributed by atoms with Crippen LogP contribution in [0.15, 0.2) is 0 Å². The highest BCUT2D eigenvalue weighted by atomic mass is 16.2. The third-order valence-corrected chi connectivity index (χ3v) is 8.85. The molecule has 0 aromatic heterocycles. The summed E-state index contributed by atoms with van der Waals surface area (Å²) in [4.78, 5) is 24.6. The fourth-order valence-corrected chi connectivity index (χ4v) is 7.45. The Balaban J connectivity index is 1.54. The van der Waals surface area contributed by atoms with Crippen molar-refractivity contribution in [2.24, 2.45) is 40.2 Å². The summed E-state index contributed by atoms with van der Waals surface area (Å²) in [6.07, 6.45) is 8.61. The number of piperidine rings is 1. The van der Waals surface area contributed by atoms with E-state index in [0.717, 1.165) is 31.6 Å². The third-order valence-electron chi connectivity index (χ3n) is 8.85. The Morgan fingerprint density at radius 3 is 2.65 bits per heavy atom. The van der Waals surface area contributed by atoms with Crippen molar-refractivity contribution in [2.45, 2.75) is 71.3 Å². The van der Waals surface area contributed by atoms with Gasteiger partial charge in [0, 0.05) is 31.5 Å². The van der Waals surface area contributed by atoms with E-state index in [1.54, 1.807) is 0 Å². The summed E-state index contributed by atoms with van der Waals surface area (Å²) in [7, 11) is 0. The summed E-state index contributed by atoms with van der Waals surface area (Å²) in [6, 6.07) is 0.361. The molecule has 0 radical (unpaired) electrons. The summed E-state index contributed by atoms with van der Waals surface area (Å²) < 4.78 is 0. The summed E-state index contributed by atoms with van der Waals surface area (Å²) in [6.45, 7) is 5.90. The van der Waals surface area contributed by atoms with Crippen molar-refractivity contribution in [1.29, 1.82) is 0 Å². The molecule has 26 heavy (non-hydrogen) atoms. The van der Waals surface area contributed by atoms with Gasteiger partial charge in [0.15, 0.2) is 0 Å². The van der Waals surface area contributed by atoms with Crippen LogP contribution < -0.4 is 16.4 Å². The van der Waals surface area contributed by atoms with Gasteiger partial charge in [-0.1, -0.05) is 13.8 Å². The number of nitrogens with one attached hydrogen (secondary N) is 2. The molecule has 2 amide bonds. The van der Waals surface area contributed by atoms with Crippen molar-refractivity contribution in [1.82, 2.24) is 10.6 Å². The Morgan fingerprint density at radius 1 is 1.12 bits per heavy atom. The molecule has 0 aromatic carbocycles. The highest BCUT2D eigenvalue weighted by Crippen LogP contribution is 2.65. The average molecular weight is 362 g/mol. The van der Waals surface area contributed by atoms with Crippen LogP contribution in [-0.2, 0) is 9.59 Å². The molecule has 3 aliphatic carbocycles. The molecule has 3 saturated carbocycles. The van der Waals surface area contributed by atoms with Crippen LogP contribution >= 0.6 is 0 Å². The highest BCUT2D eigenvalue weighted by Gasteiger charge is 2.61. The topological polar surface area (TPSA) is 84.2 Å². The second-order valence-corrected chi connectivity index (χ2v) is 9.83. The van der Waals surface area contributed by atoms with Crippen LogP contribution in [0.4, 0.5) is 0 Å². The van der Waals surface area contributed by atoms with Gasteiger partial charge in [0.05, 0.1) is 0 Å². The molecule has 4 fully saturated rings. The minimum absolute atomic E-state index is 0.140. The van der Waals surface area contributed by atoms with E-state index in [-0.39, 0.29) is 28.6 Å². The van der Waals surface area contributed by atoms with Gasteiger partial charge in [-0.25, -0.2) is 0 Å². The molecule has 5 nitrogen and oxygen atoms in total. The van der Waals surface area contributed by atoms with E-state index in [9.17, 15) is 9.59 Å². The van der Waals surface area contributed by atoms with Crippen molar-refractivity contribution in [2.75, 3.05) is 13.1 Å². The molecule has 5 heteroatoms. The monoisotopic (exact) mass is 361 g/mol. The third kappa shape index (κ3) is 2.61. The van der Waals surface area contributed by atoms with Gasteiger partial charge in [-0.05, 0) is 73.5 Å². The Bertz CT molecular complexity index is 594. The number of carbonyl (C=O) groups is 2. The molecule has 0 bridgehead atoms. The lowest BCUT2D eigenvalue weighted by Crippen LogP contribution is -2.61. The molecule has 1 aliphatic heterocycles. The van der Waals surface area contributed by atoms with Crippen molar-refractivity contribution in [3.63, 3.8) is 0 Å². The Kier molecular flexibility index (Phi) is 4.57. The van der Waals surface area contributed by atoms with Crippen molar-refractivity contribution in [3.8, 4) is 0 Å². The first-order valence-corrected chi connectivity index (χ1v) is 10.7. The zero-order valence-electron chi connectivity index (χ0n) is 16.4. The average Bonchev–Trinajstić information content (AvgIpc) is 2.97. The van der Waals surface area contributed by atoms with Crippen molar-refractivity contribution in [3.05, 3.63) is 0 Å². The number of fused-ring (bicyclic) bond motifs is 5. The molecular weight excluding hydrogens is 326 g/mol. The van der Waals surface area contributed by atoms with E-state index in [0.29, 0.717) is 37.4 Å². The van der Waals surface area contributed by atoms with Crippen LogP contribution in [-0.4, -0.2) is 30.9 Å². The number of amides is 2. The fourth-order valence-electron chi connectivity index (χ4n) is 7.45. The number of hydrogen-bond donors (Lipinski definition) is 3. The molecule has 4 aliphatic rings. The van der Waals surface area contributed by atoms with Crippen LogP contribution in [0, 0.1) is 34.5 Å². The SMILES string of the molecule is CC12CCC(=O)NC1CCC1C2CCC2(C)C(C(=O)NCCN)CCC12. The molecule has 4 rings (SSSR count). The molecular formula is C21H35N3O2. The van der Waals surface area contributed by atoms with E-state index >= 15 is 0 Å². The number of rotatable bonds is 3. The van der Waals surface area contributed by atoms with E-state index in [2.05, 4.69) is 24.5 Å². The van der Waals surface area contributed by atoms with Crippen molar-refractivity contribution >= 4 is 11.8 Å². The minimum Gasteiger partial charge on any atom is -0.355 e. The fraction of sp³-hybridized carbons (Fsp3) is 0.905. The van der Waals surface area contributed by atoms with Crippen LogP contribution in [0.2, 0.25) is 0 Å². The molecule has 1 saturated heterocycles. The number of nitrogens with two attached hydrogens (primary N) is 1. The van der Waals surface area contributed by atoms with Gasteiger partial charge in [0.1, 0.15) is 0 Å². The first-order chi connectivity index (χ1) is 12.4. The molecule has 4 N–H and O–H groups in total. The summed E-state index contributed by atoms with van der Waals surface area (Å²) in [5.74, 6) is 2.69. The zero-order chi connectivity index (χ0) is 18.5. The van der Waals surface area contributed by atoms with E-state index < -0.39 is 0 Å². The largest absolute Gasteiger partial charge is 0.355 e. The standard InChI is InChI=1S/C21H35N3O2/c1-20-9-7-15-13(3-6-17-21(15,2)10-8-18(25)24-17)14(20)4-5-16(20)19(26)23-12-11-22/h13-17H,3-12,22H2,1-2H3,(H,23,26)(H,24,25). The quantitative estimate of drug-likeness (QED) is 0.720. The Labute approximate surface area is 157 Å². The first kappa shape index (κ1) is 18.3. The van der Waals surface area contributed by atoms with Gasteiger partial charge < -0.3 is 16.4 Å². The van der Waals surface area contributed by atoms with Crippen LogP contribution in [0.5, 0.6) is 0 Å². The molecule has 7 atom stereocenters. The smallest absolute Gasteiger partial charge is 0.223 e. The van der Waals surface area contributed by atoms with E-state index in [1.807, 2.05) is 0 Å². The lowest BCUT2D eigenvalue weighted by molar-refractivity contribution is -0.141. The van der Waals surface area contributed by atoms with Gasteiger partial charge >= 0.3 is 0 Å². The Hall–Kier alpha value is -1.10. The van der Waals surface area contributed by atoms with Crippen molar-refractivity contribution < 1.29 is 9.59 Å². The van der Waals surface area contributed by atoms with Crippen LogP contribution in [0.25, 0.3) is 0 Å². The zero-order valence-corrected chi connectivity index (χ0v) is 16.4. The van der Waals surface area contributed by atoms with Gasteiger partial charge in [-0.2, -0.15) is 0 Å². The van der Waals surface area contributed by atoms with Gasteiger partial charge in [-0.15, -0.1) is 0 Å². The van der Waals surface area contributed by atoms with Crippen LogP contribution in [0.3, 0.4) is 0 Å². The van der Waals surface area contributed by atoms with E-state index in [4.69, 9.17) is 5.73 Å². The normalized spacial score (nSPS) is 47.3. The molecule has 7 unspecified atom stereocenters. The first-order valence-electron chi connectivity index (χ1n) is 10.7. The molecule has 1 heterocycles. The maximum Gasteiger partial charge on any atom is 0.223 e.